The van der Waals surface area contributed by atoms with E-state index < -0.39 is 5.60 Å². The van der Waals surface area contributed by atoms with Crippen molar-refractivity contribution < 1.29 is 5.11 Å². The second kappa shape index (κ2) is 4.60. The summed E-state index contributed by atoms with van der Waals surface area (Å²) >= 11 is 1.88. The highest BCUT2D eigenvalue weighted by atomic mass is 32.2. The molecule has 1 aliphatic heterocycles. The zero-order valence-electron chi connectivity index (χ0n) is 10.6. The van der Waals surface area contributed by atoms with Crippen LogP contribution >= 0.6 is 11.8 Å². The smallest absolute Gasteiger partial charge is 0.0811 e. The normalized spacial score (nSPS) is 27.8. The fraction of sp³-hybridized carbons (Fsp3) is 0.375. The summed E-state index contributed by atoms with van der Waals surface area (Å²) in [4.78, 5) is 0. The van der Waals surface area contributed by atoms with E-state index in [0.717, 1.165) is 18.6 Å². The van der Waals surface area contributed by atoms with Gasteiger partial charge >= 0.3 is 0 Å². The van der Waals surface area contributed by atoms with Gasteiger partial charge in [-0.15, -0.1) is 0 Å². The molecule has 1 aliphatic rings. The molecular formula is C16H18OS. The highest BCUT2D eigenvalue weighted by Gasteiger charge is 2.39. The van der Waals surface area contributed by atoms with Crippen molar-refractivity contribution in [2.24, 2.45) is 0 Å². The summed E-state index contributed by atoms with van der Waals surface area (Å²) in [6.45, 7) is 2.14. The molecule has 2 unspecified atom stereocenters. The van der Waals surface area contributed by atoms with Gasteiger partial charge in [0, 0.05) is 11.7 Å². The molecule has 2 atom stereocenters. The van der Waals surface area contributed by atoms with Crippen molar-refractivity contribution in [3.8, 4) is 0 Å². The number of hydrogen-bond donors (Lipinski definition) is 1. The number of rotatable bonds is 2. The van der Waals surface area contributed by atoms with Crippen LogP contribution in [0.3, 0.4) is 0 Å². The van der Waals surface area contributed by atoms with Gasteiger partial charge in [-0.1, -0.05) is 49.4 Å². The molecule has 2 aromatic rings. The molecule has 0 saturated carbocycles. The Morgan fingerprint density at radius 2 is 2.00 bits per heavy atom. The van der Waals surface area contributed by atoms with Crippen LogP contribution in [-0.2, 0) is 6.42 Å². The second-order valence-electron chi connectivity index (χ2n) is 5.18. The Morgan fingerprint density at radius 1 is 1.22 bits per heavy atom. The standard InChI is InChI=1S/C16H18OS/c1-12-16(17,9-10-18-12)11-14-7-4-6-13-5-2-3-8-15(13)14/h2-8,12,17H,9-11H2,1H3. The molecule has 2 aromatic carbocycles. The summed E-state index contributed by atoms with van der Waals surface area (Å²) in [7, 11) is 0. The highest BCUT2D eigenvalue weighted by molar-refractivity contribution is 8.00. The van der Waals surface area contributed by atoms with Crippen molar-refractivity contribution in [3.05, 3.63) is 48.0 Å². The van der Waals surface area contributed by atoms with Gasteiger partial charge in [0.25, 0.3) is 0 Å². The molecule has 3 rings (SSSR count). The number of aliphatic hydroxyl groups is 1. The molecule has 18 heavy (non-hydrogen) atoms. The summed E-state index contributed by atoms with van der Waals surface area (Å²) < 4.78 is 0. The van der Waals surface area contributed by atoms with E-state index >= 15 is 0 Å². The molecular weight excluding hydrogens is 240 g/mol. The van der Waals surface area contributed by atoms with Gasteiger partial charge in [-0.25, -0.2) is 0 Å². The second-order valence-corrected chi connectivity index (χ2v) is 6.63. The van der Waals surface area contributed by atoms with Gasteiger partial charge in [-0.05, 0) is 28.5 Å². The number of hydrogen-bond acceptors (Lipinski definition) is 2. The lowest BCUT2D eigenvalue weighted by Gasteiger charge is -2.27. The van der Waals surface area contributed by atoms with E-state index in [0.29, 0.717) is 5.25 Å². The Bertz CT molecular complexity index is 561. The van der Waals surface area contributed by atoms with Crippen molar-refractivity contribution in [2.75, 3.05) is 5.75 Å². The minimum atomic E-state index is -0.533. The fourth-order valence-electron chi connectivity index (χ4n) is 2.78. The van der Waals surface area contributed by atoms with E-state index in [4.69, 9.17) is 0 Å². The van der Waals surface area contributed by atoms with E-state index in [1.54, 1.807) is 0 Å². The van der Waals surface area contributed by atoms with Gasteiger partial charge in [-0.2, -0.15) is 11.8 Å². The maximum absolute atomic E-state index is 10.8. The van der Waals surface area contributed by atoms with Gasteiger partial charge in [-0.3, -0.25) is 0 Å². The molecule has 0 aromatic heterocycles. The minimum absolute atomic E-state index is 0.330. The summed E-state index contributed by atoms with van der Waals surface area (Å²) in [6, 6.07) is 14.8. The summed E-state index contributed by atoms with van der Waals surface area (Å²) in [5.41, 5.74) is 0.736. The molecule has 1 saturated heterocycles. The lowest BCUT2D eigenvalue weighted by molar-refractivity contribution is 0.0468. The highest BCUT2D eigenvalue weighted by Crippen LogP contribution is 2.38. The van der Waals surface area contributed by atoms with Crippen LogP contribution in [0.5, 0.6) is 0 Å². The van der Waals surface area contributed by atoms with Gasteiger partial charge in [0.2, 0.25) is 0 Å². The Labute approximate surface area is 112 Å². The molecule has 0 aliphatic carbocycles. The van der Waals surface area contributed by atoms with Crippen molar-refractivity contribution in [3.63, 3.8) is 0 Å². The maximum Gasteiger partial charge on any atom is 0.0811 e. The summed E-state index contributed by atoms with van der Waals surface area (Å²) in [5, 5.41) is 13.6. The van der Waals surface area contributed by atoms with Crippen LogP contribution in [0, 0.1) is 0 Å². The van der Waals surface area contributed by atoms with E-state index in [1.807, 2.05) is 11.8 Å². The van der Waals surface area contributed by atoms with Crippen LogP contribution in [0.25, 0.3) is 10.8 Å². The number of thioether (sulfide) groups is 1. The van der Waals surface area contributed by atoms with E-state index in [-0.39, 0.29) is 0 Å². The molecule has 1 heterocycles. The van der Waals surface area contributed by atoms with Gasteiger partial charge in [0.05, 0.1) is 5.60 Å². The Morgan fingerprint density at radius 3 is 2.78 bits per heavy atom. The molecule has 94 valence electrons. The third kappa shape index (κ3) is 2.04. The zero-order valence-corrected chi connectivity index (χ0v) is 11.4. The molecule has 1 fully saturated rings. The van der Waals surface area contributed by atoms with Crippen LogP contribution in [0.2, 0.25) is 0 Å². The first-order valence-electron chi connectivity index (χ1n) is 6.50. The van der Waals surface area contributed by atoms with Crippen LogP contribution in [-0.4, -0.2) is 21.7 Å². The Kier molecular flexibility index (Phi) is 3.08. The van der Waals surface area contributed by atoms with Gasteiger partial charge < -0.3 is 5.11 Å². The number of benzene rings is 2. The van der Waals surface area contributed by atoms with Crippen molar-refractivity contribution >= 4 is 22.5 Å². The first-order valence-corrected chi connectivity index (χ1v) is 7.54. The molecule has 1 N–H and O–H groups in total. The Balaban J connectivity index is 2.00. The van der Waals surface area contributed by atoms with Crippen molar-refractivity contribution in [2.45, 2.75) is 30.6 Å². The molecule has 1 nitrogen and oxygen atoms in total. The van der Waals surface area contributed by atoms with E-state index in [9.17, 15) is 5.11 Å². The average molecular weight is 258 g/mol. The van der Waals surface area contributed by atoms with Crippen molar-refractivity contribution in [1.29, 1.82) is 0 Å². The largest absolute Gasteiger partial charge is 0.388 e. The zero-order chi connectivity index (χ0) is 12.6. The topological polar surface area (TPSA) is 20.2 Å². The minimum Gasteiger partial charge on any atom is -0.388 e. The monoisotopic (exact) mass is 258 g/mol. The van der Waals surface area contributed by atoms with Crippen LogP contribution in [0.4, 0.5) is 0 Å². The molecule has 2 heteroatoms. The predicted octanol–water partition coefficient (Wildman–Crippen LogP) is 3.64. The molecule has 0 amide bonds. The average Bonchev–Trinajstić information content (AvgIpc) is 2.70. The molecule has 0 bridgehead atoms. The summed E-state index contributed by atoms with van der Waals surface area (Å²) in [5.74, 6) is 1.07. The van der Waals surface area contributed by atoms with Crippen LogP contribution in [0.15, 0.2) is 42.5 Å². The van der Waals surface area contributed by atoms with Gasteiger partial charge in [0.15, 0.2) is 0 Å². The lowest BCUT2D eigenvalue weighted by Crippen LogP contribution is -2.37. The van der Waals surface area contributed by atoms with Crippen LogP contribution < -0.4 is 0 Å². The van der Waals surface area contributed by atoms with E-state index in [2.05, 4.69) is 49.4 Å². The maximum atomic E-state index is 10.8. The quantitative estimate of drug-likeness (QED) is 0.887. The third-order valence-corrected chi connectivity index (χ3v) is 5.41. The SMILES string of the molecule is CC1SCCC1(O)Cc1cccc2ccccc12. The first kappa shape index (κ1) is 12.1. The summed E-state index contributed by atoms with van der Waals surface area (Å²) in [6.07, 6.45) is 1.67. The molecule has 0 radical (unpaired) electrons. The van der Waals surface area contributed by atoms with Gasteiger partial charge in [0.1, 0.15) is 0 Å². The lowest BCUT2D eigenvalue weighted by atomic mass is 9.87. The van der Waals surface area contributed by atoms with E-state index in [1.165, 1.54) is 16.3 Å². The Hall–Kier alpha value is -0.990. The number of fused-ring (bicyclic) bond motifs is 1. The van der Waals surface area contributed by atoms with Crippen LogP contribution in [0.1, 0.15) is 18.9 Å². The van der Waals surface area contributed by atoms with Crippen molar-refractivity contribution in [1.82, 2.24) is 0 Å². The molecule has 0 spiro atoms. The third-order valence-electron chi connectivity index (χ3n) is 4.04. The predicted molar refractivity (Wildman–Crippen MR) is 79.1 cm³/mol. The fourth-order valence-corrected chi connectivity index (χ4v) is 4.12. The first-order chi connectivity index (χ1) is 8.69.